The third-order valence-corrected chi connectivity index (χ3v) is 6.83. The molecule has 2 amide bonds. The zero-order valence-electron chi connectivity index (χ0n) is 16.6. The van der Waals surface area contributed by atoms with Crippen molar-refractivity contribution in [3.63, 3.8) is 0 Å². The topological polar surface area (TPSA) is 194 Å². The first-order valence-corrected chi connectivity index (χ1v) is 11.0. The number of fused-ring (bicyclic) bond motifs is 2. The number of oxime groups is 1. The lowest BCUT2D eigenvalue weighted by molar-refractivity contribution is -0.161. The Balaban J connectivity index is 1.55. The smallest absolute Gasteiger partial charge is 0.357 e. The van der Waals surface area contributed by atoms with Crippen LogP contribution >= 0.6 is 23.1 Å². The minimum Gasteiger partial charge on any atom is -0.478 e. The number of aliphatic carboxylic acids is 1. The SMILES string of the molecule is CC(C)(O/N=C(\C(=O)NC1C(=O)N2C3=C(CSC12)C(O)OC3=O)c1csc(N)n1)C(=O)O. The van der Waals surface area contributed by atoms with Crippen molar-refractivity contribution in [1.29, 1.82) is 0 Å². The first-order valence-electron chi connectivity index (χ1n) is 9.10. The Hall–Kier alpha value is -3.17. The lowest BCUT2D eigenvalue weighted by Gasteiger charge is -2.48. The van der Waals surface area contributed by atoms with Crippen molar-refractivity contribution < 1.29 is 39.0 Å². The molecular formula is C17H17N5O8S2. The number of thiazole rings is 1. The standard InChI is InChI=1S/C17H17N5O8S2/c1-17(2,15(27)28)30-21-7(6-4-32-16(18)19-6)10(23)20-8-11(24)22-9-5(3-31-12(8)22)13(25)29-14(9)26/h4,8,12-13,25H,3H2,1-2H3,(H2,18,19)(H,20,23)(H,27,28)/b21-7-. The number of cyclic esters (lactones) is 1. The average Bonchev–Trinajstić information content (AvgIpc) is 3.27. The second kappa shape index (κ2) is 7.75. The van der Waals surface area contributed by atoms with Gasteiger partial charge in [-0.05, 0) is 13.8 Å². The van der Waals surface area contributed by atoms with Crippen LogP contribution in [0.5, 0.6) is 0 Å². The number of aromatic nitrogens is 1. The molecule has 3 atom stereocenters. The van der Waals surface area contributed by atoms with E-state index in [1.54, 1.807) is 0 Å². The van der Waals surface area contributed by atoms with E-state index < -0.39 is 47.1 Å². The zero-order valence-corrected chi connectivity index (χ0v) is 18.2. The van der Waals surface area contributed by atoms with Crippen molar-refractivity contribution in [2.45, 2.75) is 37.2 Å². The van der Waals surface area contributed by atoms with Crippen LogP contribution in [-0.4, -0.2) is 78.6 Å². The van der Waals surface area contributed by atoms with Gasteiger partial charge in [-0.25, -0.2) is 14.6 Å². The van der Waals surface area contributed by atoms with Crippen LogP contribution in [0.1, 0.15) is 19.5 Å². The van der Waals surface area contributed by atoms with Crippen LogP contribution in [0.15, 0.2) is 21.8 Å². The van der Waals surface area contributed by atoms with Crippen molar-refractivity contribution >= 4 is 57.7 Å². The Bertz CT molecular complexity index is 1100. The summed E-state index contributed by atoms with van der Waals surface area (Å²) >= 11 is 2.27. The Kier molecular flexibility index (Phi) is 5.34. The van der Waals surface area contributed by atoms with Gasteiger partial charge in [-0.3, -0.25) is 14.5 Å². The van der Waals surface area contributed by atoms with Gasteiger partial charge in [0.25, 0.3) is 11.8 Å². The van der Waals surface area contributed by atoms with Crippen LogP contribution in [-0.2, 0) is 28.8 Å². The van der Waals surface area contributed by atoms with Gasteiger partial charge in [-0.15, -0.1) is 23.1 Å². The van der Waals surface area contributed by atoms with Crippen LogP contribution in [0.25, 0.3) is 0 Å². The van der Waals surface area contributed by atoms with Crippen LogP contribution < -0.4 is 11.1 Å². The summed E-state index contributed by atoms with van der Waals surface area (Å²) in [5.41, 5.74) is 3.86. The van der Waals surface area contributed by atoms with E-state index in [9.17, 15) is 29.4 Å². The first kappa shape index (κ1) is 22.0. The molecule has 3 unspecified atom stereocenters. The molecule has 0 spiro atoms. The fourth-order valence-corrected chi connectivity index (χ4v) is 4.97. The monoisotopic (exact) mass is 483 g/mol. The highest BCUT2D eigenvalue weighted by Crippen LogP contribution is 2.43. The number of nitrogen functional groups attached to an aromatic ring is 1. The van der Waals surface area contributed by atoms with Gasteiger partial charge in [0.1, 0.15) is 22.8 Å². The van der Waals surface area contributed by atoms with Gasteiger partial charge >= 0.3 is 11.9 Å². The highest BCUT2D eigenvalue weighted by molar-refractivity contribution is 8.00. The minimum absolute atomic E-state index is 0.00976. The molecule has 170 valence electrons. The van der Waals surface area contributed by atoms with E-state index in [2.05, 4.69) is 15.5 Å². The fraction of sp³-hybridized carbons (Fsp3) is 0.412. The van der Waals surface area contributed by atoms with E-state index in [0.717, 1.165) is 11.3 Å². The lowest BCUT2D eigenvalue weighted by Crippen LogP contribution is -2.70. The number of nitrogens with zero attached hydrogens (tertiary/aromatic N) is 3. The Morgan fingerprint density at radius 1 is 1.44 bits per heavy atom. The highest BCUT2D eigenvalue weighted by atomic mass is 32.2. The third-order valence-electron chi connectivity index (χ3n) is 4.85. The molecular weight excluding hydrogens is 466 g/mol. The Morgan fingerprint density at radius 2 is 2.16 bits per heavy atom. The van der Waals surface area contributed by atoms with E-state index in [0.29, 0.717) is 5.57 Å². The van der Waals surface area contributed by atoms with Gasteiger partial charge in [0.15, 0.2) is 10.8 Å². The number of hydrogen-bond donors (Lipinski definition) is 4. The molecule has 0 saturated carbocycles. The number of carboxylic acids is 1. The molecule has 13 nitrogen and oxygen atoms in total. The third kappa shape index (κ3) is 3.57. The number of carboxylic acid groups (broad SMARTS) is 1. The summed E-state index contributed by atoms with van der Waals surface area (Å²) in [6, 6.07) is -0.999. The summed E-state index contributed by atoms with van der Waals surface area (Å²) in [4.78, 5) is 59.1. The van der Waals surface area contributed by atoms with Crippen LogP contribution in [0.2, 0.25) is 0 Å². The van der Waals surface area contributed by atoms with Gasteiger partial charge in [0.05, 0.1) is 0 Å². The molecule has 5 N–H and O–H groups in total. The number of hydrogen-bond acceptors (Lipinski definition) is 12. The van der Waals surface area contributed by atoms with Gasteiger partial charge in [-0.2, -0.15) is 0 Å². The number of carbonyl (C=O) groups is 4. The largest absolute Gasteiger partial charge is 0.478 e. The molecule has 3 aliphatic rings. The molecule has 32 heavy (non-hydrogen) atoms. The van der Waals surface area contributed by atoms with Gasteiger partial charge in [-0.1, -0.05) is 5.16 Å². The number of anilines is 1. The lowest BCUT2D eigenvalue weighted by atomic mass is 10.0. The molecule has 0 radical (unpaired) electrons. The van der Waals surface area contributed by atoms with E-state index in [1.165, 1.54) is 35.9 Å². The van der Waals surface area contributed by atoms with E-state index in [-0.39, 0.29) is 28.0 Å². The summed E-state index contributed by atoms with van der Waals surface area (Å²) in [6.45, 7) is 2.49. The van der Waals surface area contributed by atoms with Crippen molar-refractivity contribution in [1.82, 2.24) is 15.2 Å². The molecule has 1 saturated heterocycles. The molecule has 1 aromatic heterocycles. The second-order valence-corrected chi connectivity index (χ2v) is 9.40. The molecule has 3 aliphatic heterocycles. The number of ether oxygens (including phenoxy) is 1. The second-order valence-electron chi connectivity index (χ2n) is 7.41. The molecule has 15 heteroatoms. The number of β-lactam (4-membered cyclic amide) rings is 1. The molecule has 0 bridgehead atoms. The van der Waals surface area contributed by atoms with E-state index in [1.807, 2.05) is 0 Å². The predicted octanol–water partition coefficient (Wildman–Crippen LogP) is -1.16. The molecule has 4 heterocycles. The van der Waals surface area contributed by atoms with Gasteiger partial charge in [0.2, 0.25) is 11.9 Å². The number of aliphatic hydroxyl groups is 1. The van der Waals surface area contributed by atoms with Crippen molar-refractivity contribution in [2.75, 3.05) is 11.5 Å². The summed E-state index contributed by atoms with van der Waals surface area (Å²) < 4.78 is 4.75. The maximum absolute atomic E-state index is 12.9. The van der Waals surface area contributed by atoms with Crippen LogP contribution in [0, 0.1) is 0 Å². The molecule has 0 aliphatic carbocycles. The Labute approximate surface area is 188 Å². The number of carbonyl (C=O) groups excluding carboxylic acids is 3. The number of nitrogens with one attached hydrogen (secondary N) is 1. The van der Waals surface area contributed by atoms with E-state index in [4.69, 9.17) is 15.3 Å². The summed E-state index contributed by atoms with van der Waals surface area (Å²) in [5, 5.41) is 26.2. The molecule has 4 rings (SSSR count). The number of nitrogens with two attached hydrogens (primary N) is 1. The number of rotatable bonds is 6. The summed E-state index contributed by atoms with van der Waals surface area (Å²) in [6.07, 6.45) is -1.39. The molecule has 1 aromatic rings. The number of aliphatic hydroxyl groups excluding tert-OH is 1. The fourth-order valence-electron chi connectivity index (χ4n) is 3.06. The van der Waals surface area contributed by atoms with Gasteiger partial charge < -0.3 is 30.8 Å². The summed E-state index contributed by atoms with van der Waals surface area (Å²) in [5.74, 6) is -3.29. The van der Waals surface area contributed by atoms with Crippen LogP contribution in [0.4, 0.5) is 5.13 Å². The normalized spacial score (nSPS) is 25.0. The number of thioether (sulfide) groups is 1. The number of esters is 1. The summed E-state index contributed by atoms with van der Waals surface area (Å²) in [7, 11) is 0. The molecule has 1 fully saturated rings. The maximum atomic E-state index is 12.9. The Morgan fingerprint density at radius 3 is 2.78 bits per heavy atom. The van der Waals surface area contributed by atoms with Gasteiger partial charge in [0, 0.05) is 16.7 Å². The highest BCUT2D eigenvalue weighted by Gasteiger charge is 2.57. The predicted molar refractivity (Wildman–Crippen MR) is 110 cm³/mol. The maximum Gasteiger partial charge on any atom is 0.357 e. The number of amides is 2. The average molecular weight is 483 g/mol. The minimum atomic E-state index is -1.73. The van der Waals surface area contributed by atoms with E-state index >= 15 is 0 Å². The van der Waals surface area contributed by atoms with Crippen molar-refractivity contribution in [3.05, 3.63) is 22.3 Å². The zero-order chi connectivity index (χ0) is 23.4. The van der Waals surface area contributed by atoms with Crippen molar-refractivity contribution in [3.8, 4) is 0 Å². The quantitative estimate of drug-likeness (QED) is 0.165. The molecule has 0 aromatic carbocycles. The van der Waals surface area contributed by atoms with Crippen LogP contribution in [0.3, 0.4) is 0 Å². The van der Waals surface area contributed by atoms with Crippen molar-refractivity contribution in [2.24, 2.45) is 5.16 Å². The first-order chi connectivity index (χ1) is 15.0.